The molecule has 1 amide bonds. The van der Waals surface area contributed by atoms with E-state index in [4.69, 9.17) is 12.2 Å². The van der Waals surface area contributed by atoms with Crippen molar-refractivity contribution < 1.29 is 4.79 Å². The number of benzene rings is 2. The Morgan fingerprint density at radius 3 is 2.27 bits per heavy atom. The van der Waals surface area contributed by atoms with Crippen LogP contribution in [0.4, 0.5) is 5.69 Å². The Bertz CT molecular complexity index is 663. The summed E-state index contributed by atoms with van der Waals surface area (Å²) in [5.41, 5.74) is 3.25. The number of anilines is 1. The van der Waals surface area contributed by atoms with Gasteiger partial charge in [-0.1, -0.05) is 54.7 Å². The quantitative estimate of drug-likeness (QED) is 0.851. The van der Waals surface area contributed by atoms with Crippen LogP contribution in [-0.2, 0) is 11.2 Å². The molecular formula is C18H18N2OS. The molecule has 1 aliphatic rings. The van der Waals surface area contributed by atoms with E-state index >= 15 is 0 Å². The van der Waals surface area contributed by atoms with Crippen molar-refractivity contribution in [1.82, 2.24) is 5.32 Å². The maximum atomic E-state index is 11.9. The molecule has 0 bridgehead atoms. The third kappa shape index (κ3) is 4.15. The molecule has 1 saturated carbocycles. The van der Waals surface area contributed by atoms with Gasteiger partial charge in [0.05, 0.1) is 0 Å². The van der Waals surface area contributed by atoms with Crippen molar-refractivity contribution in [1.29, 1.82) is 0 Å². The number of nitrogens with one attached hydrogen (secondary N) is 2. The lowest BCUT2D eigenvalue weighted by atomic mass is 10.0. The molecule has 1 aliphatic carbocycles. The van der Waals surface area contributed by atoms with Crippen LogP contribution in [0.2, 0.25) is 0 Å². The summed E-state index contributed by atoms with van der Waals surface area (Å²) >= 11 is 5.08. The average molecular weight is 310 g/mol. The van der Waals surface area contributed by atoms with E-state index in [1.165, 1.54) is 11.1 Å². The molecule has 3 rings (SSSR count). The third-order valence-electron chi connectivity index (χ3n) is 3.58. The minimum absolute atomic E-state index is 0.238. The van der Waals surface area contributed by atoms with Gasteiger partial charge in [0.15, 0.2) is 4.99 Å². The third-order valence-corrected chi connectivity index (χ3v) is 3.88. The van der Waals surface area contributed by atoms with E-state index in [1.54, 1.807) is 0 Å². The highest BCUT2D eigenvalue weighted by molar-refractivity contribution is 7.82. The summed E-state index contributed by atoms with van der Waals surface area (Å²) in [6, 6.07) is 18.6. The Morgan fingerprint density at radius 2 is 1.64 bits per heavy atom. The zero-order chi connectivity index (χ0) is 15.4. The SMILES string of the molecule is O=C(Nc1ccc(Cc2ccccc2)cc1)C(=S)NC1CC1. The molecule has 2 N–H and O–H groups in total. The standard InChI is InChI=1S/C18H18N2OS/c21-17(18(22)20-16-10-11-16)19-15-8-6-14(7-9-15)12-13-4-2-1-3-5-13/h1-9,16H,10-12H2,(H,19,21)(H,20,22). The molecule has 0 radical (unpaired) electrons. The summed E-state index contributed by atoms with van der Waals surface area (Å²) in [4.78, 5) is 12.2. The highest BCUT2D eigenvalue weighted by atomic mass is 32.1. The zero-order valence-corrected chi connectivity index (χ0v) is 13.0. The monoisotopic (exact) mass is 310 g/mol. The molecule has 0 aromatic heterocycles. The van der Waals surface area contributed by atoms with Crippen LogP contribution >= 0.6 is 12.2 Å². The number of amides is 1. The lowest BCUT2D eigenvalue weighted by Gasteiger charge is -2.09. The number of thiocarbonyl (C=S) groups is 1. The number of carbonyl (C=O) groups excluding carboxylic acids is 1. The van der Waals surface area contributed by atoms with Gasteiger partial charge in [0, 0.05) is 11.7 Å². The predicted molar refractivity (Wildman–Crippen MR) is 93.1 cm³/mol. The first-order valence-corrected chi connectivity index (χ1v) is 7.86. The lowest BCUT2D eigenvalue weighted by molar-refractivity contribution is -0.110. The fraction of sp³-hybridized carbons (Fsp3) is 0.222. The van der Waals surface area contributed by atoms with Gasteiger partial charge in [0.2, 0.25) is 0 Å². The van der Waals surface area contributed by atoms with Crippen LogP contribution in [0.3, 0.4) is 0 Å². The molecule has 112 valence electrons. The molecule has 2 aromatic carbocycles. The maximum absolute atomic E-state index is 11.9. The minimum Gasteiger partial charge on any atom is -0.369 e. The highest BCUT2D eigenvalue weighted by Crippen LogP contribution is 2.19. The molecule has 0 aliphatic heterocycles. The van der Waals surface area contributed by atoms with Gasteiger partial charge >= 0.3 is 0 Å². The van der Waals surface area contributed by atoms with Crippen LogP contribution in [0.25, 0.3) is 0 Å². The first-order chi connectivity index (χ1) is 10.7. The van der Waals surface area contributed by atoms with Gasteiger partial charge in [-0.05, 0) is 42.5 Å². The molecule has 2 aromatic rings. The number of carbonyl (C=O) groups is 1. The van der Waals surface area contributed by atoms with Gasteiger partial charge in [-0.2, -0.15) is 0 Å². The Labute approximate surface area is 135 Å². The van der Waals surface area contributed by atoms with E-state index in [1.807, 2.05) is 42.5 Å². The van der Waals surface area contributed by atoms with Gasteiger partial charge < -0.3 is 10.6 Å². The van der Waals surface area contributed by atoms with Crippen molar-refractivity contribution in [3.8, 4) is 0 Å². The maximum Gasteiger partial charge on any atom is 0.283 e. The Hall–Kier alpha value is -2.20. The largest absolute Gasteiger partial charge is 0.369 e. The minimum atomic E-state index is -0.238. The van der Waals surface area contributed by atoms with Crippen LogP contribution in [0.5, 0.6) is 0 Å². The van der Waals surface area contributed by atoms with Crippen LogP contribution < -0.4 is 10.6 Å². The number of rotatable bonds is 4. The average Bonchev–Trinajstić information content (AvgIpc) is 3.34. The highest BCUT2D eigenvalue weighted by Gasteiger charge is 2.24. The lowest BCUT2D eigenvalue weighted by Crippen LogP contribution is -2.35. The van der Waals surface area contributed by atoms with Crippen molar-refractivity contribution in [3.63, 3.8) is 0 Å². The first kappa shape index (κ1) is 14.7. The molecular weight excluding hydrogens is 292 g/mol. The zero-order valence-electron chi connectivity index (χ0n) is 12.2. The molecule has 0 spiro atoms. The van der Waals surface area contributed by atoms with Gasteiger partial charge in [-0.25, -0.2) is 0 Å². The van der Waals surface area contributed by atoms with E-state index in [-0.39, 0.29) is 10.9 Å². The molecule has 0 unspecified atom stereocenters. The smallest absolute Gasteiger partial charge is 0.283 e. The van der Waals surface area contributed by atoms with Gasteiger partial charge in [0.1, 0.15) is 0 Å². The van der Waals surface area contributed by atoms with Gasteiger partial charge in [-0.15, -0.1) is 0 Å². The second kappa shape index (κ2) is 6.71. The molecule has 0 atom stereocenters. The Balaban J connectivity index is 1.56. The van der Waals surface area contributed by atoms with Crippen molar-refractivity contribution in [2.45, 2.75) is 25.3 Å². The van der Waals surface area contributed by atoms with Crippen molar-refractivity contribution >= 4 is 28.8 Å². The van der Waals surface area contributed by atoms with E-state index < -0.39 is 0 Å². The van der Waals surface area contributed by atoms with Crippen molar-refractivity contribution in [3.05, 3.63) is 65.7 Å². The normalized spacial score (nSPS) is 13.5. The summed E-state index contributed by atoms with van der Waals surface area (Å²) in [7, 11) is 0. The van der Waals surface area contributed by atoms with Crippen LogP contribution in [-0.4, -0.2) is 16.9 Å². The summed E-state index contributed by atoms with van der Waals surface area (Å²) in [6.07, 6.45) is 3.08. The van der Waals surface area contributed by atoms with Crippen LogP contribution in [0, 0.1) is 0 Å². The Morgan fingerprint density at radius 1 is 1.00 bits per heavy atom. The second-order valence-electron chi connectivity index (χ2n) is 5.56. The summed E-state index contributed by atoms with van der Waals surface area (Å²) in [5, 5.41) is 5.86. The van der Waals surface area contributed by atoms with E-state index in [9.17, 15) is 4.79 Å². The first-order valence-electron chi connectivity index (χ1n) is 7.45. The molecule has 0 heterocycles. The topological polar surface area (TPSA) is 41.1 Å². The number of hydrogen-bond acceptors (Lipinski definition) is 2. The van der Waals surface area contributed by atoms with Gasteiger partial charge in [-0.3, -0.25) is 4.79 Å². The fourth-order valence-electron chi connectivity index (χ4n) is 2.20. The van der Waals surface area contributed by atoms with Crippen LogP contribution in [0.15, 0.2) is 54.6 Å². The predicted octanol–water partition coefficient (Wildman–Crippen LogP) is 3.30. The molecule has 0 saturated heterocycles. The Kier molecular flexibility index (Phi) is 4.49. The van der Waals surface area contributed by atoms with E-state index in [0.717, 1.165) is 24.9 Å². The molecule has 4 heteroatoms. The molecule has 22 heavy (non-hydrogen) atoms. The van der Waals surface area contributed by atoms with Crippen molar-refractivity contribution in [2.75, 3.05) is 5.32 Å². The fourth-order valence-corrected chi connectivity index (χ4v) is 2.42. The van der Waals surface area contributed by atoms with Crippen molar-refractivity contribution in [2.24, 2.45) is 0 Å². The second-order valence-corrected chi connectivity index (χ2v) is 5.97. The summed E-state index contributed by atoms with van der Waals surface area (Å²) in [5.74, 6) is -0.238. The molecule has 1 fully saturated rings. The van der Waals surface area contributed by atoms with Gasteiger partial charge in [0.25, 0.3) is 5.91 Å². The summed E-state index contributed by atoms with van der Waals surface area (Å²) in [6.45, 7) is 0. The van der Waals surface area contributed by atoms with Crippen LogP contribution in [0.1, 0.15) is 24.0 Å². The molecule has 3 nitrogen and oxygen atoms in total. The summed E-state index contributed by atoms with van der Waals surface area (Å²) < 4.78 is 0. The van der Waals surface area contributed by atoms with E-state index in [2.05, 4.69) is 22.8 Å². The number of hydrogen-bond donors (Lipinski definition) is 2. The van der Waals surface area contributed by atoms with E-state index in [0.29, 0.717) is 6.04 Å².